The van der Waals surface area contributed by atoms with Crippen molar-refractivity contribution in [3.05, 3.63) is 58.9 Å². The average molecular weight is 298 g/mol. The number of halogens is 1. The molecule has 0 saturated carbocycles. The van der Waals surface area contributed by atoms with Crippen LogP contribution in [0.3, 0.4) is 0 Å². The van der Waals surface area contributed by atoms with E-state index in [0.717, 1.165) is 0 Å². The molecule has 1 heterocycles. The first kappa shape index (κ1) is 13.2. The lowest BCUT2D eigenvalue weighted by atomic mass is 10.1. The zero-order chi connectivity index (χ0) is 15.0. The lowest BCUT2D eigenvalue weighted by molar-refractivity contribution is 0.0698. The minimum Gasteiger partial charge on any atom is -0.478 e. The first-order valence-corrected chi connectivity index (χ1v) is 6.39. The third kappa shape index (κ3) is 2.12. The van der Waals surface area contributed by atoms with Gasteiger partial charge in [-0.2, -0.15) is 5.26 Å². The Morgan fingerprint density at radius 1 is 1.33 bits per heavy atom. The number of aromatic carboxylic acids is 1. The first-order valence-electron chi connectivity index (χ1n) is 6.01. The zero-order valence-corrected chi connectivity index (χ0v) is 11.4. The molecule has 0 saturated heterocycles. The molecule has 102 valence electrons. The van der Waals surface area contributed by atoms with E-state index in [1.807, 2.05) is 6.07 Å². The quantitative estimate of drug-likeness (QED) is 0.787. The maximum absolute atomic E-state index is 11.4. The van der Waals surface area contributed by atoms with Gasteiger partial charge in [-0.15, -0.1) is 0 Å². The number of hydrogen-bond acceptors (Lipinski definition) is 3. The number of carbonyl (C=O) groups is 1. The number of carboxylic acids is 1. The molecule has 6 heteroatoms. The van der Waals surface area contributed by atoms with E-state index < -0.39 is 5.97 Å². The Morgan fingerprint density at radius 3 is 2.86 bits per heavy atom. The number of para-hydroxylation sites is 1. The molecule has 2 aromatic carbocycles. The summed E-state index contributed by atoms with van der Waals surface area (Å²) in [6.07, 6.45) is 1.50. The number of benzene rings is 2. The van der Waals surface area contributed by atoms with Gasteiger partial charge in [-0.1, -0.05) is 17.7 Å². The first-order chi connectivity index (χ1) is 10.1. The highest BCUT2D eigenvalue weighted by molar-refractivity contribution is 6.32. The summed E-state index contributed by atoms with van der Waals surface area (Å²) in [4.78, 5) is 15.6. The number of imidazole rings is 1. The van der Waals surface area contributed by atoms with Crippen molar-refractivity contribution in [3.63, 3.8) is 0 Å². The van der Waals surface area contributed by atoms with Crippen molar-refractivity contribution in [1.82, 2.24) is 9.55 Å². The second kappa shape index (κ2) is 4.93. The van der Waals surface area contributed by atoms with Crippen molar-refractivity contribution in [2.24, 2.45) is 0 Å². The molecule has 5 nitrogen and oxygen atoms in total. The number of fused-ring (bicyclic) bond motifs is 1. The van der Waals surface area contributed by atoms with Gasteiger partial charge in [-0.05, 0) is 30.3 Å². The highest BCUT2D eigenvalue weighted by atomic mass is 35.5. The summed E-state index contributed by atoms with van der Waals surface area (Å²) in [5.41, 5.74) is 2.08. The van der Waals surface area contributed by atoms with Gasteiger partial charge in [0, 0.05) is 0 Å². The monoisotopic (exact) mass is 297 g/mol. The van der Waals surface area contributed by atoms with Gasteiger partial charge in [0.25, 0.3) is 0 Å². The highest BCUT2D eigenvalue weighted by Crippen LogP contribution is 2.27. The van der Waals surface area contributed by atoms with Crippen LogP contribution in [0, 0.1) is 11.3 Å². The SMILES string of the molecule is N#Cc1ccc(Cl)c(-n2cnc3cccc(C(=O)O)c32)c1. The molecular weight excluding hydrogens is 290 g/mol. The van der Waals surface area contributed by atoms with E-state index in [1.54, 1.807) is 34.9 Å². The zero-order valence-electron chi connectivity index (χ0n) is 10.6. The normalized spacial score (nSPS) is 10.5. The fourth-order valence-corrected chi connectivity index (χ4v) is 2.40. The van der Waals surface area contributed by atoms with Crippen LogP contribution in [-0.4, -0.2) is 20.6 Å². The van der Waals surface area contributed by atoms with Gasteiger partial charge in [0.1, 0.15) is 6.33 Å². The second-order valence-electron chi connectivity index (χ2n) is 4.37. The lowest BCUT2D eigenvalue weighted by Gasteiger charge is -2.08. The van der Waals surface area contributed by atoms with E-state index in [-0.39, 0.29) is 5.56 Å². The Hall–Kier alpha value is -2.84. The molecule has 1 N–H and O–H groups in total. The predicted molar refractivity (Wildman–Crippen MR) is 77.8 cm³/mol. The minimum absolute atomic E-state index is 0.128. The van der Waals surface area contributed by atoms with Crippen LogP contribution in [0.4, 0.5) is 0 Å². The molecule has 1 aromatic heterocycles. The van der Waals surface area contributed by atoms with Gasteiger partial charge in [0.05, 0.1) is 38.9 Å². The number of nitriles is 1. The van der Waals surface area contributed by atoms with Crippen LogP contribution < -0.4 is 0 Å². The minimum atomic E-state index is -1.05. The Labute approximate surface area is 124 Å². The van der Waals surface area contributed by atoms with Gasteiger partial charge in [-0.3, -0.25) is 4.57 Å². The van der Waals surface area contributed by atoms with Gasteiger partial charge in [0.15, 0.2) is 0 Å². The van der Waals surface area contributed by atoms with Gasteiger partial charge in [-0.25, -0.2) is 9.78 Å². The standard InChI is InChI=1S/C15H8ClN3O2/c16-11-5-4-9(7-17)6-13(11)19-8-18-12-3-1-2-10(14(12)19)15(20)21/h1-6,8H,(H,20,21). The Morgan fingerprint density at radius 2 is 2.14 bits per heavy atom. The fraction of sp³-hybridized carbons (Fsp3) is 0. The van der Waals surface area contributed by atoms with Crippen molar-refractivity contribution in [2.75, 3.05) is 0 Å². The molecular formula is C15H8ClN3O2. The summed E-state index contributed by atoms with van der Waals surface area (Å²) in [6.45, 7) is 0. The number of nitrogens with zero attached hydrogens (tertiary/aromatic N) is 3. The molecule has 0 spiro atoms. The molecule has 0 aliphatic rings. The summed E-state index contributed by atoms with van der Waals surface area (Å²) in [5.74, 6) is -1.05. The Kier molecular flexibility index (Phi) is 3.09. The predicted octanol–water partition coefficient (Wildman–Crippen LogP) is 3.25. The molecule has 0 bridgehead atoms. The van der Waals surface area contributed by atoms with Crippen molar-refractivity contribution >= 4 is 28.6 Å². The van der Waals surface area contributed by atoms with Crippen LogP contribution in [0.2, 0.25) is 5.02 Å². The van der Waals surface area contributed by atoms with Crippen LogP contribution in [0.1, 0.15) is 15.9 Å². The molecule has 0 aliphatic heterocycles. The number of hydrogen-bond donors (Lipinski definition) is 1. The smallest absolute Gasteiger partial charge is 0.337 e. The van der Waals surface area contributed by atoms with Crippen LogP contribution in [0.5, 0.6) is 0 Å². The maximum Gasteiger partial charge on any atom is 0.337 e. The van der Waals surface area contributed by atoms with Gasteiger partial charge in [0.2, 0.25) is 0 Å². The van der Waals surface area contributed by atoms with E-state index in [0.29, 0.717) is 27.3 Å². The second-order valence-corrected chi connectivity index (χ2v) is 4.78. The summed E-state index contributed by atoms with van der Waals surface area (Å²) >= 11 is 6.17. The van der Waals surface area contributed by atoms with E-state index in [9.17, 15) is 9.90 Å². The summed E-state index contributed by atoms with van der Waals surface area (Å²) in [5, 5.41) is 18.7. The van der Waals surface area contributed by atoms with Crippen LogP contribution in [-0.2, 0) is 0 Å². The number of rotatable bonds is 2. The van der Waals surface area contributed by atoms with E-state index in [4.69, 9.17) is 16.9 Å². The number of carboxylic acid groups (broad SMARTS) is 1. The van der Waals surface area contributed by atoms with Crippen molar-refractivity contribution in [1.29, 1.82) is 5.26 Å². The van der Waals surface area contributed by atoms with E-state index in [1.165, 1.54) is 12.4 Å². The van der Waals surface area contributed by atoms with Crippen LogP contribution >= 0.6 is 11.6 Å². The molecule has 0 unspecified atom stereocenters. The molecule has 0 radical (unpaired) electrons. The summed E-state index contributed by atoms with van der Waals surface area (Å²) in [6, 6.07) is 11.7. The van der Waals surface area contributed by atoms with E-state index >= 15 is 0 Å². The maximum atomic E-state index is 11.4. The van der Waals surface area contributed by atoms with Crippen LogP contribution in [0.15, 0.2) is 42.7 Å². The van der Waals surface area contributed by atoms with Crippen molar-refractivity contribution in [3.8, 4) is 11.8 Å². The van der Waals surface area contributed by atoms with E-state index in [2.05, 4.69) is 4.98 Å². The molecule has 0 amide bonds. The van der Waals surface area contributed by atoms with Crippen molar-refractivity contribution in [2.45, 2.75) is 0 Å². The molecule has 0 aliphatic carbocycles. The third-order valence-electron chi connectivity index (χ3n) is 3.13. The third-order valence-corrected chi connectivity index (χ3v) is 3.45. The summed E-state index contributed by atoms with van der Waals surface area (Å²) in [7, 11) is 0. The number of aromatic nitrogens is 2. The molecule has 0 atom stereocenters. The molecule has 3 rings (SSSR count). The van der Waals surface area contributed by atoms with Crippen LogP contribution in [0.25, 0.3) is 16.7 Å². The highest BCUT2D eigenvalue weighted by Gasteiger charge is 2.15. The lowest BCUT2D eigenvalue weighted by Crippen LogP contribution is -2.02. The topological polar surface area (TPSA) is 78.9 Å². The average Bonchev–Trinajstić information content (AvgIpc) is 2.91. The van der Waals surface area contributed by atoms with Gasteiger partial charge >= 0.3 is 5.97 Å². The van der Waals surface area contributed by atoms with Gasteiger partial charge < -0.3 is 5.11 Å². The molecule has 3 aromatic rings. The fourth-order valence-electron chi connectivity index (χ4n) is 2.19. The van der Waals surface area contributed by atoms with Crippen molar-refractivity contribution < 1.29 is 9.90 Å². The summed E-state index contributed by atoms with van der Waals surface area (Å²) < 4.78 is 1.59. The Bertz CT molecular complexity index is 909. The Balaban J connectivity index is 2.36. The molecule has 21 heavy (non-hydrogen) atoms. The molecule has 0 fully saturated rings. The largest absolute Gasteiger partial charge is 0.478 e.